The van der Waals surface area contributed by atoms with Crippen molar-refractivity contribution >= 4 is 17.6 Å². The second-order valence-corrected chi connectivity index (χ2v) is 7.21. The average molecular weight is 408 g/mol. The maximum absolute atomic E-state index is 5.91. The predicted molar refractivity (Wildman–Crippen MR) is 113 cm³/mol. The van der Waals surface area contributed by atoms with E-state index in [1.807, 2.05) is 31.2 Å². The summed E-state index contributed by atoms with van der Waals surface area (Å²) in [6, 6.07) is 7.36. The summed E-state index contributed by atoms with van der Waals surface area (Å²) in [6.45, 7) is 10.0. The van der Waals surface area contributed by atoms with Crippen molar-refractivity contribution in [2.45, 2.75) is 33.6 Å². The zero-order valence-electron chi connectivity index (χ0n) is 16.9. The highest BCUT2D eigenvalue weighted by Crippen LogP contribution is 2.18. The number of ether oxygens (including phenoxy) is 1. The molecule has 0 spiro atoms. The molecule has 0 aliphatic heterocycles. The molecular formula is C20H30ClN5O2. The Balaban J connectivity index is 1.74. The molecule has 7 nitrogen and oxygen atoms in total. The molecule has 2 aromatic rings. The number of rotatable bonds is 11. The Bertz CT molecular complexity index is 716. The van der Waals surface area contributed by atoms with E-state index in [0.29, 0.717) is 42.2 Å². The summed E-state index contributed by atoms with van der Waals surface area (Å²) in [5.41, 5.74) is 0.877. The number of nitrogens with zero attached hydrogens (tertiary/aromatic N) is 3. The predicted octanol–water partition coefficient (Wildman–Crippen LogP) is 3.55. The van der Waals surface area contributed by atoms with Crippen LogP contribution in [0.4, 0.5) is 0 Å². The minimum absolute atomic E-state index is 0.562. The molecule has 2 rings (SSSR count). The molecule has 0 fully saturated rings. The highest BCUT2D eigenvalue weighted by atomic mass is 35.5. The second-order valence-electron chi connectivity index (χ2n) is 6.78. The van der Waals surface area contributed by atoms with Crippen LogP contribution in [0, 0.1) is 5.92 Å². The number of aromatic nitrogens is 2. The van der Waals surface area contributed by atoms with Gasteiger partial charge in [0.05, 0.1) is 0 Å². The van der Waals surface area contributed by atoms with E-state index in [9.17, 15) is 0 Å². The van der Waals surface area contributed by atoms with Crippen LogP contribution < -0.4 is 10.6 Å². The molecule has 0 atom stereocenters. The fraction of sp³-hybridized carbons (Fsp3) is 0.550. The molecule has 0 aliphatic carbocycles. The van der Waals surface area contributed by atoms with Gasteiger partial charge in [0, 0.05) is 49.9 Å². The van der Waals surface area contributed by atoms with Crippen LogP contribution in [0.5, 0.6) is 0 Å². The molecule has 1 aromatic carbocycles. The molecule has 28 heavy (non-hydrogen) atoms. The Morgan fingerprint density at radius 1 is 1.25 bits per heavy atom. The monoisotopic (exact) mass is 407 g/mol. The van der Waals surface area contributed by atoms with Crippen LogP contribution in [0.15, 0.2) is 33.8 Å². The minimum Gasteiger partial charge on any atom is -0.381 e. The summed E-state index contributed by atoms with van der Waals surface area (Å²) in [6.07, 6.45) is 1.51. The maximum atomic E-state index is 5.91. The summed E-state index contributed by atoms with van der Waals surface area (Å²) >= 11 is 5.91. The van der Waals surface area contributed by atoms with Gasteiger partial charge in [-0.25, -0.2) is 0 Å². The van der Waals surface area contributed by atoms with E-state index in [1.165, 1.54) is 0 Å². The molecule has 0 amide bonds. The van der Waals surface area contributed by atoms with Crippen LogP contribution in [-0.2, 0) is 11.2 Å². The zero-order valence-corrected chi connectivity index (χ0v) is 17.6. The average Bonchev–Trinajstić information content (AvgIpc) is 3.13. The van der Waals surface area contributed by atoms with Gasteiger partial charge in [0.25, 0.3) is 0 Å². The van der Waals surface area contributed by atoms with Gasteiger partial charge in [0.1, 0.15) is 0 Å². The third kappa shape index (κ3) is 8.27. The lowest BCUT2D eigenvalue weighted by Crippen LogP contribution is -2.38. The van der Waals surface area contributed by atoms with Gasteiger partial charge < -0.3 is 19.9 Å². The van der Waals surface area contributed by atoms with Crippen molar-refractivity contribution in [3.8, 4) is 11.4 Å². The SMILES string of the molecule is CCNC(=NCCCOCC(C)C)NCCc1nc(-c2ccc(Cl)cc2)no1. The molecule has 0 unspecified atom stereocenters. The molecule has 0 aliphatic rings. The lowest BCUT2D eigenvalue weighted by atomic mass is 10.2. The number of guanidine groups is 1. The maximum Gasteiger partial charge on any atom is 0.228 e. The Hall–Kier alpha value is -2.12. The molecule has 1 heterocycles. The Kier molecular flexibility index (Phi) is 9.79. The number of benzene rings is 1. The van der Waals surface area contributed by atoms with E-state index >= 15 is 0 Å². The fourth-order valence-corrected chi connectivity index (χ4v) is 2.50. The van der Waals surface area contributed by atoms with E-state index in [1.54, 1.807) is 0 Å². The van der Waals surface area contributed by atoms with E-state index in [2.05, 4.69) is 39.6 Å². The molecule has 2 N–H and O–H groups in total. The Morgan fingerprint density at radius 2 is 2.04 bits per heavy atom. The van der Waals surface area contributed by atoms with Gasteiger partial charge >= 0.3 is 0 Å². The van der Waals surface area contributed by atoms with Gasteiger partial charge in [0.15, 0.2) is 5.96 Å². The first kappa shape index (κ1) is 22.2. The van der Waals surface area contributed by atoms with Crippen LogP contribution >= 0.6 is 11.6 Å². The number of aliphatic imine (C=N–C) groups is 1. The lowest BCUT2D eigenvalue weighted by Gasteiger charge is -2.10. The van der Waals surface area contributed by atoms with Crippen LogP contribution in [0.25, 0.3) is 11.4 Å². The van der Waals surface area contributed by atoms with E-state index in [-0.39, 0.29) is 0 Å². The van der Waals surface area contributed by atoms with Crippen molar-refractivity contribution in [3.63, 3.8) is 0 Å². The zero-order chi connectivity index (χ0) is 20.2. The second kappa shape index (κ2) is 12.4. The first-order valence-corrected chi connectivity index (χ1v) is 10.1. The largest absolute Gasteiger partial charge is 0.381 e. The van der Waals surface area contributed by atoms with Gasteiger partial charge in [-0.05, 0) is 43.5 Å². The Morgan fingerprint density at radius 3 is 2.75 bits per heavy atom. The number of nitrogens with one attached hydrogen (secondary N) is 2. The van der Waals surface area contributed by atoms with Crippen molar-refractivity contribution in [2.75, 3.05) is 32.8 Å². The number of hydrogen-bond acceptors (Lipinski definition) is 5. The smallest absolute Gasteiger partial charge is 0.228 e. The molecule has 0 saturated heterocycles. The molecule has 0 bridgehead atoms. The summed E-state index contributed by atoms with van der Waals surface area (Å²) in [5, 5.41) is 11.2. The summed E-state index contributed by atoms with van der Waals surface area (Å²) < 4.78 is 10.9. The molecule has 0 saturated carbocycles. The first-order valence-electron chi connectivity index (χ1n) is 9.77. The van der Waals surface area contributed by atoms with Gasteiger partial charge in [-0.3, -0.25) is 4.99 Å². The standard InChI is InChI=1S/C20H30ClN5O2/c1-4-22-20(23-11-5-13-27-14-15(2)3)24-12-10-18-25-19(26-28-18)16-6-8-17(21)9-7-16/h6-9,15H,4-5,10-14H2,1-3H3,(H2,22,23,24). The van der Waals surface area contributed by atoms with Crippen molar-refractivity contribution in [1.82, 2.24) is 20.8 Å². The third-order valence-corrected chi connectivity index (χ3v) is 3.97. The highest BCUT2D eigenvalue weighted by Gasteiger charge is 2.08. The van der Waals surface area contributed by atoms with Gasteiger partial charge in [-0.2, -0.15) is 4.98 Å². The van der Waals surface area contributed by atoms with Crippen molar-refractivity contribution in [1.29, 1.82) is 0 Å². The third-order valence-electron chi connectivity index (χ3n) is 3.71. The van der Waals surface area contributed by atoms with Crippen molar-refractivity contribution in [2.24, 2.45) is 10.9 Å². The van der Waals surface area contributed by atoms with Gasteiger partial charge in [-0.1, -0.05) is 30.6 Å². The summed E-state index contributed by atoms with van der Waals surface area (Å²) in [7, 11) is 0. The van der Waals surface area contributed by atoms with Gasteiger partial charge in [0.2, 0.25) is 11.7 Å². The minimum atomic E-state index is 0.562. The normalized spacial score (nSPS) is 11.8. The van der Waals surface area contributed by atoms with Crippen LogP contribution in [0.2, 0.25) is 5.02 Å². The van der Waals surface area contributed by atoms with Gasteiger partial charge in [-0.15, -0.1) is 0 Å². The lowest BCUT2D eigenvalue weighted by molar-refractivity contribution is 0.109. The van der Waals surface area contributed by atoms with E-state index < -0.39 is 0 Å². The topological polar surface area (TPSA) is 84.6 Å². The molecule has 154 valence electrons. The van der Waals surface area contributed by atoms with Crippen LogP contribution in [0.3, 0.4) is 0 Å². The molecule has 0 radical (unpaired) electrons. The number of halogens is 1. The summed E-state index contributed by atoms with van der Waals surface area (Å²) in [5.74, 6) is 2.49. The fourth-order valence-electron chi connectivity index (χ4n) is 2.38. The Labute approximate surface area is 171 Å². The molecule has 1 aromatic heterocycles. The van der Waals surface area contributed by atoms with Crippen molar-refractivity contribution < 1.29 is 9.26 Å². The van der Waals surface area contributed by atoms with Crippen LogP contribution in [-0.4, -0.2) is 48.9 Å². The molecule has 8 heteroatoms. The molecular weight excluding hydrogens is 378 g/mol. The van der Waals surface area contributed by atoms with E-state index in [0.717, 1.165) is 37.7 Å². The quantitative estimate of drug-likeness (QED) is 0.336. The number of hydrogen-bond donors (Lipinski definition) is 2. The van der Waals surface area contributed by atoms with E-state index in [4.69, 9.17) is 20.9 Å². The summed E-state index contributed by atoms with van der Waals surface area (Å²) in [4.78, 5) is 8.98. The highest BCUT2D eigenvalue weighted by molar-refractivity contribution is 6.30. The van der Waals surface area contributed by atoms with Crippen molar-refractivity contribution in [3.05, 3.63) is 35.2 Å². The van der Waals surface area contributed by atoms with Crippen LogP contribution in [0.1, 0.15) is 33.1 Å². The first-order chi connectivity index (χ1) is 13.6.